The maximum atomic E-state index is 12.8. The molecule has 0 saturated heterocycles. The Morgan fingerprint density at radius 3 is 2.19 bits per heavy atom. The minimum atomic E-state index is -0.561. The first-order chi connectivity index (χ1) is 12.4. The predicted molar refractivity (Wildman–Crippen MR) is 98.5 cm³/mol. The van der Waals surface area contributed by atoms with E-state index in [1.54, 1.807) is 18.2 Å². The van der Waals surface area contributed by atoms with Gasteiger partial charge in [-0.25, -0.2) is 4.79 Å². The van der Waals surface area contributed by atoms with Gasteiger partial charge in [0.2, 0.25) is 0 Å². The third-order valence-electron chi connectivity index (χ3n) is 6.23. The Kier molecular flexibility index (Phi) is 4.91. The van der Waals surface area contributed by atoms with Crippen molar-refractivity contribution in [2.75, 3.05) is 13.2 Å². The molecule has 0 aliphatic heterocycles. The van der Waals surface area contributed by atoms with Crippen LogP contribution < -0.4 is 4.74 Å². The van der Waals surface area contributed by atoms with Crippen LogP contribution in [0.4, 0.5) is 0 Å². The maximum Gasteiger partial charge on any atom is 0.344 e. The first-order valence-electron chi connectivity index (χ1n) is 9.20. The number of carbonyl (C=O) groups excluding carboxylic acids is 2. The molecule has 0 amide bonds. The van der Waals surface area contributed by atoms with E-state index < -0.39 is 5.97 Å². The van der Waals surface area contributed by atoms with E-state index in [-0.39, 0.29) is 24.4 Å². The molecule has 0 atom stereocenters. The van der Waals surface area contributed by atoms with Gasteiger partial charge in [0.25, 0.3) is 0 Å². The first kappa shape index (κ1) is 18.1. The van der Waals surface area contributed by atoms with E-state index in [0.29, 0.717) is 33.5 Å². The van der Waals surface area contributed by atoms with E-state index >= 15 is 0 Å². The van der Waals surface area contributed by atoms with Crippen LogP contribution >= 0.6 is 23.2 Å². The minimum absolute atomic E-state index is 0.0921. The summed E-state index contributed by atoms with van der Waals surface area (Å²) in [6, 6.07) is 4.77. The van der Waals surface area contributed by atoms with Crippen LogP contribution in [-0.2, 0) is 14.3 Å². The van der Waals surface area contributed by atoms with Gasteiger partial charge in [0.15, 0.2) is 19.0 Å². The van der Waals surface area contributed by atoms with Crippen molar-refractivity contribution < 1.29 is 19.1 Å². The summed E-state index contributed by atoms with van der Waals surface area (Å²) in [4.78, 5) is 24.8. The van der Waals surface area contributed by atoms with Crippen molar-refractivity contribution in [3.8, 4) is 5.75 Å². The maximum absolute atomic E-state index is 12.8. The number of benzene rings is 1. The van der Waals surface area contributed by atoms with Gasteiger partial charge in [-0.15, -0.1) is 0 Å². The molecule has 4 fully saturated rings. The number of ether oxygens (including phenoxy) is 2. The average Bonchev–Trinajstić information content (AvgIpc) is 2.57. The molecule has 0 radical (unpaired) electrons. The highest BCUT2D eigenvalue weighted by molar-refractivity contribution is 6.35. The highest BCUT2D eigenvalue weighted by Gasteiger charge is 2.54. The molecule has 4 nitrogen and oxygen atoms in total. The van der Waals surface area contributed by atoms with Crippen molar-refractivity contribution in [3.63, 3.8) is 0 Å². The zero-order valence-electron chi connectivity index (χ0n) is 14.5. The summed E-state index contributed by atoms with van der Waals surface area (Å²) >= 11 is 11.8. The van der Waals surface area contributed by atoms with Crippen molar-refractivity contribution in [2.45, 2.75) is 38.5 Å². The molecule has 0 spiro atoms. The molecule has 6 heteroatoms. The molecular weight excluding hydrogens is 375 g/mol. The fourth-order valence-electron chi connectivity index (χ4n) is 5.52. The van der Waals surface area contributed by atoms with Crippen molar-refractivity contribution in [1.82, 2.24) is 0 Å². The van der Waals surface area contributed by atoms with E-state index in [1.807, 2.05) is 0 Å². The number of hydrogen-bond acceptors (Lipinski definition) is 4. The highest BCUT2D eigenvalue weighted by Crippen LogP contribution is 2.60. The molecule has 1 aromatic carbocycles. The number of ketones is 1. The zero-order valence-corrected chi connectivity index (χ0v) is 16.0. The molecule has 4 aliphatic rings. The molecule has 4 aliphatic carbocycles. The van der Waals surface area contributed by atoms with Crippen LogP contribution in [0.5, 0.6) is 5.75 Å². The summed E-state index contributed by atoms with van der Waals surface area (Å²) in [5, 5.41) is 0.820. The van der Waals surface area contributed by atoms with Gasteiger partial charge in [-0.2, -0.15) is 0 Å². The van der Waals surface area contributed by atoms with E-state index in [9.17, 15) is 9.59 Å². The van der Waals surface area contributed by atoms with E-state index in [4.69, 9.17) is 32.7 Å². The van der Waals surface area contributed by atoms with Crippen LogP contribution in [0, 0.1) is 23.2 Å². The molecule has 26 heavy (non-hydrogen) atoms. The molecule has 1 aromatic rings. The summed E-state index contributed by atoms with van der Waals surface area (Å²) in [5.41, 5.74) is -0.241. The van der Waals surface area contributed by atoms with Crippen molar-refractivity contribution in [2.24, 2.45) is 23.2 Å². The fraction of sp³-hybridized carbons (Fsp3) is 0.600. The second-order valence-corrected chi connectivity index (χ2v) is 8.99. The van der Waals surface area contributed by atoms with Gasteiger partial charge < -0.3 is 9.47 Å². The molecule has 5 rings (SSSR count). The monoisotopic (exact) mass is 396 g/mol. The zero-order chi connectivity index (χ0) is 18.3. The lowest BCUT2D eigenvalue weighted by atomic mass is 9.48. The van der Waals surface area contributed by atoms with Gasteiger partial charge in [-0.05, 0) is 74.5 Å². The molecule has 0 N–H and O–H groups in total. The Bertz CT molecular complexity index is 695. The Hall–Kier alpha value is -1.26. The van der Waals surface area contributed by atoms with Crippen LogP contribution in [0.3, 0.4) is 0 Å². The summed E-state index contributed by atoms with van der Waals surface area (Å²) in [6.07, 6.45) is 6.77. The summed E-state index contributed by atoms with van der Waals surface area (Å²) in [5.74, 6) is 1.97. The minimum Gasteiger partial charge on any atom is -0.480 e. The molecular formula is C20H22Cl2O4. The van der Waals surface area contributed by atoms with Gasteiger partial charge >= 0.3 is 5.97 Å². The van der Waals surface area contributed by atoms with E-state index in [0.717, 1.165) is 19.3 Å². The Labute approximate surface area is 163 Å². The Morgan fingerprint density at radius 2 is 1.62 bits per heavy atom. The van der Waals surface area contributed by atoms with Crippen LogP contribution in [-0.4, -0.2) is 25.0 Å². The van der Waals surface area contributed by atoms with Gasteiger partial charge in [0.1, 0.15) is 5.75 Å². The number of halogens is 2. The lowest BCUT2D eigenvalue weighted by molar-refractivity contribution is -0.158. The van der Waals surface area contributed by atoms with Crippen molar-refractivity contribution in [3.05, 3.63) is 28.2 Å². The van der Waals surface area contributed by atoms with Gasteiger partial charge in [0.05, 0.1) is 5.02 Å². The van der Waals surface area contributed by atoms with Crippen LogP contribution in [0.1, 0.15) is 38.5 Å². The quantitative estimate of drug-likeness (QED) is 0.653. The standard InChI is InChI=1S/C20H22Cl2O4/c21-15-1-2-17(16(22)6-15)25-11-19(24)26-10-18(23)20-7-12-3-13(8-20)5-14(4-12)9-20/h1-2,6,12-14H,3-5,7-11H2. The molecule has 140 valence electrons. The van der Waals surface area contributed by atoms with E-state index in [2.05, 4.69) is 0 Å². The predicted octanol–water partition coefficient (Wildman–Crippen LogP) is 4.70. The largest absolute Gasteiger partial charge is 0.480 e. The molecule has 4 saturated carbocycles. The van der Waals surface area contributed by atoms with Crippen LogP contribution in [0.15, 0.2) is 18.2 Å². The lowest BCUT2D eigenvalue weighted by Crippen LogP contribution is -2.51. The topological polar surface area (TPSA) is 52.6 Å². The summed E-state index contributed by atoms with van der Waals surface area (Å²) < 4.78 is 10.6. The molecule has 0 aromatic heterocycles. The lowest BCUT2D eigenvalue weighted by Gasteiger charge is -2.55. The first-order valence-corrected chi connectivity index (χ1v) is 9.96. The number of esters is 1. The van der Waals surface area contributed by atoms with Gasteiger partial charge in [0, 0.05) is 10.4 Å². The number of carbonyl (C=O) groups is 2. The Morgan fingerprint density at radius 1 is 1.00 bits per heavy atom. The summed E-state index contributed by atoms with van der Waals surface area (Å²) in [7, 11) is 0. The number of Topliss-reactive ketones (excluding diaryl/α,β-unsaturated/α-hetero) is 1. The average molecular weight is 397 g/mol. The smallest absolute Gasteiger partial charge is 0.344 e. The number of hydrogen-bond donors (Lipinski definition) is 0. The SMILES string of the molecule is O=C(COc1ccc(Cl)cc1Cl)OCC(=O)C12CC3CC(CC(C3)C1)C2. The van der Waals surface area contributed by atoms with Crippen LogP contribution in [0.25, 0.3) is 0 Å². The Balaban J connectivity index is 1.28. The van der Waals surface area contributed by atoms with Crippen molar-refractivity contribution >= 4 is 35.0 Å². The fourth-order valence-corrected chi connectivity index (χ4v) is 5.98. The van der Waals surface area contributed by atoms with Crippen LogP contribution in [0.2, 0.25) is 10.0 Å². The number of rotatable bonds is 6. The molecule has 4 bridgehead atoms. The molecule has 0 heterocycles. The van der Waals surface area contributed by atoms with E-state index in [1.165, 1.54) is 19.3 Å². The highest BCUT2D eigenvalue weighted by atomic mass is 35.5. The molecule has 0 unspecified atom stereocenters. The van der Waals surface area contributed by atoms with Crippen molar-refractivity contribution in [1.29, 1.82) is 0 Å². The summed E-state index contributed by atoms with van der Waals surface area (Å²) in [6.45, 7) is -0.432. The third kappa shape index (κ3) is 3.59. The van der Waals surface area contributed by atoms with Gasteiger partial charge in [-0.1, -0.05) is 23.2 Å². The second-order valence-electron chi connectivity index (χ2n) is 8.15. The van der Waals surface area contributed by atoms with Gasteiger partial charge in [-0.3, -0.25) is 4.79 Å². The second kappa shape index (κ2) is 7.05. The normalized spacial score (nSPS) is 31.7. The third-order valence-corrected chi connectivity index (χ3v) is 6.76.